The van der Waals surface area contributed by atoms with Gasteiger partial charge in [0, 0.05) is 12.4 Å². The van der Waals surface area contributed by atoms with Crippen LogP contribution in [0.1, 0.15) is 13.1 Å². The Hall–Kier alpha value is -1.38. The molecule has 0 aliphatic rings. The largest absolute Gasteiger partial charge is 0.478 e. The van der Waals surface area contributed by atoms with E-state index >= 15 is 0 Å². The molecule has 0 saturated carbocycles. The molecular weight excluding hydrogens is 118 g/mol. The minimum atomic E-state index is -1.13. The highest BCUT2D eigenvalue weighted by atomic mass is 16.4. The first kappa shape index (κ1) is 3.61. The average Bonchev–Trinajstić information content (AvgIpc) is 1.94. The Labute approximate surface area is 54.8 Å². The lowest BCUT2D eigenvalue weighted by molar-refractivity contribution is 0.0696. The summed E-state index contributed by atoms with van der Waals surface area (Å²) in [7, 11) is 0. The SMILES string of the molecule is [3H]c1cc(C(=O)O)cnc1[3H]. The van der Waals surface area contributed by atoms with Gasteiger partial charge in [0.05, 0.1) is 8.30 Å². The maximum Gasteiger partial charge on any atom is 0.337 e. The summed E-state index contributed by atoms with van der Waals surface area (Å²) in [5.74, 6) is -1.13. The van der Waals surface area contributed by atoms with Crippen molar-refractivity contribution in [3.05, 3.63) is 30.0 Å². The van der Waals surface area contributed by atoms with E-state index in [0.29, 0.717) is 0 Å². The maximum atomic E-state index is 10.3. The standard InChI is InChI=1S/C6H5NO2/c8-6(9)5-2-1-3-7-4-5/h1-4H,(H,8,9)/i1T,3T. The van der Waals surface area contributed by atoms with Gasteiger partial charge in [-0.3, -0.25) is 4.98 Å². The number of hydrogen-bond acceptors (Lipinski definition) is 2. The van der Waals surface area contributed by atoms with Gasteiger partial charge in [0.1, 0.15) is 0 Å². The molecule has 0 aromatic carbocycles. The lowest BCUT2D eigenvalue weighted by Gasteiger charge is -1.87. The van der Waals surface area contributed by atoms with Gasteiger partial charge in [0.25, 0.3) is 0 Å². The van der Waals surface area contributed by atoms with Gasteiger partial charge in [-0.15, -0.1) is 0 Å². The van der Waals surface area contributed by atoms with Crippen LogP contribution >= 0.6 is 0 Å². The Morgan fingerprint density at radius 2 is 2.67 bits per heavy atom. The Morgan fingerprint density at radius 1 is 1.89 bits per heavy atom. The summed E-state index contributed by atoms with van der Waals surface area (Å²) in [6.45, 7) is 0. The van der Waals surface area contributed by atoms with Crippen LogP contribution in [-0.2, 0) is 0 Å². The van der Waals surface area contributed by atoms with Crippen molar-refractivity contribution >= 4 is 5.97 Å². The van der Waals surface area contributed by atoms with E-state index in [9.17, 15) is 4.79 Å². The molecule has 46 valence electrons. The van der Waals surface area contributed by atoms with E-state index in [1.807, 2.05) is 0 Å². The van der Waals surface area contributed by atoms with Crippen molar-refractivity contribution in [3.63, 3.8) is 0 Å². The van der Waals surface area contributed by atoms with E-state index in [1.165, 1.54) is 0 Å². The van der Waals surface area contributed by atoms with Gasteiger partial charge in [-0.25, -0.2) is 4.79 Å². The third-order valence-electron chi connectivity index (χ3n) is 0.807. The predicted molar refractivity (Wildman–Crippen MR) is 31.2 cm³/mol. The van der Waals surface area contributed by atoms with Crippen LogP contribution in [0.25, 0.3) is 0 Å². The first-order valence-electron chi connectivity index (χ1n) is 3.28. The number of carbonyl (C=O) groups is 1. The van der Waals surface area contributed by atoms with Crippen LogP contribution < -0.4 is 0 Å². The molecule has 1 heterocycles. The van der Waals surface area contributed by atoms with Crippen LogP contribution in [0.4, 0.5) is 0 Å². The Morgan fingerprint density at radius 3 is 3.22 bits per heavy atom. The van der Waals surface area contributed by atoms with Crippen LogP contribution in [0, 0.1) is 0 Å². The van der Waals surface area contributed by atoms with E-state index in [1.54, 1.807) is 0 Å². The Kier molecular flexibility index (Phi) is 0.906. The summed E-state index contributed by atoms with van der Waals surface area (Å²) >= 11 is 0. The number of pyridine rings is 1. The zero-order chi connectivity index (χ0) is 8.43. The molecule has 3 heteroatoms. The molecule has 1 aromatic rings. The molecule has 0 aliphatic heterocycles. The van der Waals surface area contributed by atoms with Crippen molar-refractivity contribution in [2.24, 2.45) is 0 Å². The molecule has 0 unspecified atom stereocenters. The van der Waals surface area contributed by atoms with Gasteiger partial charge in [0.15, 0.2) is 0 Å². The van der Waals surface area contributed by atoms with E-state index in [4.69, 9.17) is 7.85 Å². The number of rotatable bonds is 1. The van der Waals surface area contributed by atoms with Crippen LogP contribution in [0.5, 0.6) is 0 Å². The normalized spacial score (nSPS) is 12.0. The molecule has 0 aliphatic carbocycles. The fourth-order valence-electron chi connectivity index (χ4n) is 0.403. The lowest BCUT2D eigenvalue weighted by atomic mass is 10.3. The second kappa shape index (κ2) is 2.26. The molecule has 0 spiro atoms. The van der Waals surface area contributed by atoms with Crippen molar-refractivity contribution in [2.75, 3.05) is 0 Å². The van der Waals surface area contributed by atoms with Gasteiger partial charge < -0.3 is 5.11 Å². The zero-order valence-corrected chi connectivity index (χ0v) is 4.46. The number of carboxylic acids is 1. The third-order valence-corrected chi connectivity index (χ3v) is 0.807. The van der Waals surface area contributed by atoms with Crippen LogP contribution in [0.2, 0.25) is 0 Å². The molecule has 0 bridgehead atoms. The molecule has 3 nitrogen and oxygen atoms in total. The molecule has 0 amide bonds. The number of aromatic carboxylic acids is 1. The molecular formula is C6H5NO2. The summed E-state index contributed by atoms with van der Waals surface area (Å²) in [6, 6.07) is 0.919. The summed E-state index contributed by atoms with van der Waals surface area (Å²) in [4.78, 5) is 13.7. The number of aromatic nitrogens is 1. The molecule has 0 saturated heterocycles. The summed E-state index contributed by atoms with van der Waals surface area (Å²) in [5.41, 5.74) is -0.0639. The van der Waals surface area contributed by atoms with Gasteiger partial charge >= 0.3 is 5.97 Å². The van der Waals surface area contributed by atoms with Crippen molar-refractivity contribution in [3.8, 4) is 0 Å². The van der Waals surface area contributed by atoms with E-state index in [-0.39, 0.29) is 17.8 Å². The Bertz CT molecular complexity index is 301. The fourth-order valence-corrected chi connectivity index (χ4v) is 0.403. The molecule has 0 fully saturated rings. The molecule has 1 aromatic heterocycles. The smallest absolute Gasteiger partial charge is 0.337 e. The number of carboxylic acid groups (broad SMARTS) is 1. The molecule has 1 rings (SSSR count). The Balaban J connectivity index is 3.15. The van der Waals surface area contributed by atoms with Crippen molar-refractivity contribution in [1.82, 2.24) is 4.98 Å². The highest BCUT2D eigenvalue weighted by Crippen LogP contribution is 1.92. The highest BCUT2D eigenvalue weighted by Gasteiger charge is 1.97. The van der Waals surface area contributed by atoms with Crippen LogP contribution in [0.3, 0.4) is 0 Å². The van der Waals surface area contributed by atoms with Gasteiger partial charge in [0.2, 0.25) is 0 Å². The predicted octanol–water partition coefficient (Wildman–Crippen LogP) is 0.780. The molecule has 1 N–H and O–H groups in total. The van der Waals surface area contributed by atoms with Crippen molar-refractivity contribution < 1.29 is 12.6 Å². The zero-order valence-electron chi connectivity index (χ0n) is 6.46. The summed E-state index contributed by atoms with van der Waals surface area (Å²) in [5, 5.41) is 8.42. The van der Waals surface area contributed by atoms with E-state index < -0.39 is 5.97 Å². The minimum Gasteiger partial charge on any atom is -0.478 e. The number of hydrogen-bond donors (Lipinski definition) is 1. The minimum absolute atomic E-state index is 0.0639. The fraction of sp³-hybridized carbons (Fsp3) is 0. The summed E-state index contributed by atoms with van der Waals surface area (Å²) < 4.78 is 14.0. The molecule has 9 heavy (non-hydrogen) atoms. The topological polar surface area (TPSA) is 50.2 Å². The van der Waals surface area contributed by atoms with Crippen LogP contribution in [-0.4, -0.2) is 16.1 Å². The lowest BCUT2D eigenvalue weighted by Crippen LogP contribution is -1.94. The second-order valence-electron chi connectivity index (χ2n) is 1.42. The van der Waals surface area contributed by atoms with Gasteiger partial charge in [-0.05, 0) is 12.1 Å². The monoisotopic (exact) mass is 127 g/mol. The van der Waals surface area contributed by atoms with Gasteiger partial charge in [-0.1, -0.05) is 0 Å². The third kappa shape index (κ3) is 1.25. The number of nitrogens with zero attached hydrogens (tertiary/aromatic N) is 1. The first-order chi connectivity index (χ1) is 5.11. The quantitative estimate of drug-likeness (QED) is 0.606. The highest BCUT2D eigenvalue weighted by molar-refractivity contribution is 5.86. The van der Waals surface area contributed by atoms with Gasteiger partial charge in [-0.2, -0.15) is 0 Å². The molecule has 0 atom stereocenters. The second-order valence-corrected chi connectivity index (χ2v) is 1.42. The first-order valence-corrected chi connectivity index (χ1v) is 2.28. The van der Waals surface area contributed by atoms with E-state index in [2.05, 4.69) is 4.98 Å². The maximum absolute atomic E-state index is 10.3. The van der Waals surface area contributed by atoms with Crippen molar-refractivity contribution in [2.45, 2.75) is 0 Å². The van der Waals surface area contributed by atoms with Crippen molar-refractivity contribution in [1.29, 1.82) is 0 Å². The van der Waals surface area contributed by atoms with E-state index in [0.717, 1.165) is 12.3 Å². The van der Waals surface area contributed by atoms with Crippen LogP contribution in [0.15, 0.2) is 24.5 Å². The molecule has 0 radical (unpaired) electrons. The summed E-state index contributed by atoms with van der Waals surface area (Å²) in [6.07, 6.45) is 0.845. The average molecular weight is 127 g/mol.